The largest absolute Gasteiger partial charge is 0.493 e. The third-order valence-corrected chi connectivity index (χ3v) is 5.12. The maximum Gasteiger partial charge on any atom is 0.270 e. The fourth-order valence-corrected chi connectivity index (χ4v) is 3.80. The summed E-state index contributed by atoms with van der Waals surface area (Å²) in [6, 6.07) is 12.1. The van der Waals surface area contributed by atoms with Crippen molar-refractivity contribution in [3.05, 3.63) is 57.2 Å². The van der Waals surface area contributed by atoms with Gasteiger partial charge in [-0.3, -0.25) is 24.6 Å². The Labute approximate surface area is 191 Å². The van der Waals surface area contributed by atoms with Crippen molar-refractivity contribution in [1.29, 1.82) is 0 Å². The monoisotopic (exact) mass is 537 g/mol. The molecule has 1 aliphatic heterocycles. The van der Waals surface area contributed by atoms with Crippen LogP contribution in [0.25, 0.3) is 6.08 Å². The van der Waals surface area contributed by atoms with Crippen LogP contribution in [0, 0.1) is 3.57 Å². The molecule has 0 spiro atoms. The van der Waals surface area contributed by atoms with Crippen LogP contribution in [0.4, 0.5) is 5.69 Å². The second-order valence-electron chi connectivity index (χ2n) is 6.08. The van der Waals surface area contributed by atoms with Crippen LogP contribution >= 0.6 is 34.8 Å². The first kappa shape index (κ1) is 21.7. The van der Waals surface area contributed by atoms with Gasteiger partial charge >= 0.3 is 0 Å². The first-order valence-electron chi connectivity index (χ1n) is 8.57. The van der Waals surface area contributed by atoms with Gasteiger partial charge in [-0.2, -0.15) is 0 Å². The van der Waals surface area contributed by atoms with E-state index in [2.05, 4.69) is 5.32 Å². The molecule has 2 aromatic carbocycles. The van der Waals surface area contributed by atoms with Gasteiger partial charge in [0.2, 0.25) is 0 Å². The molecule has 1 aliphatic rings. The highest BCUT2D eigenvalue weighted by Gasteiger charge is 2.34. The van der Waals surface area contributed by atoms with Crippen molar-refractivity contribution in [2.24, 2.45) is 5.73 Å². The Hall–Kier alpha value is -2.99. The summed E-state index contributed by atoms with van der Waals surface area (Å²) in [5.74, 6) is -1.10. The highest BCUT2D eigenvalue weighted by molar-refractivity contribution is 14.1. The lowest BCUT2D eigenvalue weighted by Crippen LogP contribution is -2.54. The number of primary amides is 1. The van der Waals surface area contributed by atoms with Crippen LogP contribution < -0.4 is 25.4 Å². The third kappa shape index (κ3) is 4.60. The number of halogens is 1. The summed E-state index contributed by atoms with van der Waals surface area (Å²) >= 11 is 7.18. The third-order valence-electron chi connectivity index (χ3n) is 4.04. The molecule has 0 atom stereocenters. The predicted octanol–water partition coefficient (Wildman–Crippen LogP) is 2.00. The van der Waals surface area contributed by atoms with Crippen molar-refractivity contribution in [2.45, 2.75) is 0 Å². The smallest absolute Gasteiger partial charge is 0.270 e. The molecule has 0 bridgehead atoms. The molecule has 0 aliphatic carbocycles. The van der Waals surface area contributed by atoms with E-state index in [0.717, 1.165) is 0 Å². The highest BCUT2D eigenvalue weighted by Crippen LogP contribution is 2.35. The number of ether oxygens (including phenoxy) is 2. The Morgan fingerprint density at radius 3 is 2.60 bits per heavy atom. The quantitative estimate of drug-likeness (QED) is 0.253. The Balaban J connectivity index is 1.99. The number of rotatable bonds is 6. The number of carbonyl (C=O) groups excluding carboxylic acids is 3. The summed E-state index contributed by atoms with van der Waals surface area (Å²) in [5.41, 5.74) is 6.11. The minimum Gasteiger partial charge on any atom is -0.493 e. The number of nitrogens with zero attached hydrogens (tertiary/aromatic N) is 1. The summed E-state index contributed by atoms with van der Waals surface area (Å²) in [7, 11) is 1.44. The first-order valence-corrected chi connectivity index (χ1v) is 10.1. The van der Waals surface area contributed by atoms with Crippen LogP contribution in [0.2, 0.25) is 0 Å². The van der Waals surface area contributed by atoms with E-state index in [1.165, 1.54) is 18.1 Å². The molecule has 8 nitrogen and oxygen atoms in total. The van der Waals surface area contributed by atoms with E-state index in [4.69, 9.17) is 27.4 Å². The molecule has 1 heterocycles. The van der Waals surface area contributed by atoms with Gasteiger partial charge in [-0.25, -0.2) is 0 Å². The van der Waals surface area contributed by atoms with Gasteiger partial charge in [-0.05, 0) is 70.7 Å². The molecular formula is C20H16IN3O5S. The first-order chi connectivity index (χ1) is 14.3. The number of nitrogens with one attached hydrogen (secondary N) is 1. The van der Waals surface area contributed by atoms with Crippen molar-refractivity contribution >= 4 is 69.4 Å². The van der Waals surface area contributed by atoms with Gasteiger partial charge in [-0.1, -0.05) is 18.2 Å². The molecule has 154 valence electrons. The highest BCUT2D eigenvalue weighted by atomic mass is 127. The van der Waals surface area contributed by atoms with Gasteiger partial charge in [0.05, 0.1) is 16.4 Å². The van der Waals surface area contributed by atoms with Crippen LogP contribution in [0.1, 0.15) is 5.56 Å². The molecule has 30 heavy (non-hydrogen) atoms. The van der Waals surface area contributed by atoms with E-state index in [9.17, 15) is 14.4 Å². The summed E-state index contributed by atoms with van der Waals surface area (Å²) in [6.45, 7) is -0.308. The van der Waals surface area contributed by atoms with Gasteiger partial charge in [0.25, 0.3) is 17.7 Å². The molecule has 1 saturated heterocycles. The number of hydrogen-bond acceptors (Lipinski definition) is 6. The SMILES string of the molecule is COc1cc(/C=C2/C(=O)NC(=S)N(c3ccccc3)C2=O)cc(I)c1OCC(N)=O. The number of carbonyl (C=O) groups is 3. The Morgan fingerprint density at radius 2 is 1.97 bits per heavy atom. The fourth-order valence-electron chi connectivity index (χ4n) is 2.74. The normalized spacial score (nSPS) is 15.2. The lowest BCUT2D eigenvalue weighted by atomic mass is 10.1. The second kappa shape index (κ2) is 9.22. The fraction of sp³-hybridized carbons (Fsp3) is 0.100. The van der Waals surface area contributed by atoms with Crippen molar-refractivity contribution in [3.8, 4) is 11.5 Å². The summed E-state index contributed by atoms with van der Waals surface area (Å²) in [6.07, 6.45) is 1.44. The maximum atomic E-state index is 13.0. The van der Waals surface area contributed by atoms with Crippen LogP contribution in [-0.2, 0) is 14.4 Å². The van der Waals surface area contributed by atoms with Gasteiger partial charge in [0.15, 0.2) is 23.2 Å². The summed E-state index contributed by atoms with van der Waals surface area (Å²) in [5, 5.41) is 2.55. The van der Waals surface area contributed by atoms with Gasteiger partial charge in [-0.15, -0.1) is 0 Å². The van der Waals surface area contributed by atoms with Gasteiger partial charge in [0, 0.05) is 0 Å². The second-order valence-corrected chi connectivity index (χ2v) is 7.63. The average Bonchev–Trinajstić information content (AvgIpc) is 2.70. The average molecular weight is 537 g/mol. The van der Waals surface area contributed by atoms with Crippen LogP contribution in [0.15, 0.2) is 48.0 Å². The molecule has 2 aromatic rings. The Morgan fingerprint density at radius 1 is 1.27 bits per heavy atom. The molecule has 3 amide bonds. The van der Waals surface area contributed by atoms with Crippen LogP contribution in [0.5, 0.6) is 11.5 Å². The van der Waals surface area contributed by atoms with Crippen LogP contribution in [-0.4, -0.2) is 36.6 Å². The number of methoxy groups -OCH3 is 1. The van der Waals surface area contributed by atoms with Gasteiger partial charge in [0.1, 0.15) is 5.57 Å². The minimum atomic E-state index is -0.625. The lowest BCUT2D eigenvalue weighted by molar-refractivity contribution is -0.122. The standard InChI is InChI=1S/C20H16IN3O5S/c1-28-15-9-11(8-14(21)17(15)29-10-16(22)25)7-13-18(26)23-20(30)24(19(13)27)12-5-3-2-4-6-12/h2-9H,10H2,1H3,(H2,22,25)(H,23,26,30)/b13-7-. The lowest BCUT2D eigenvalue weighted by Gasteiger charge is -2.28. The number of para-hydroxylation sites is 1. The molecule has 0 radical (unpaired) electrons. The van der Waals surface area contributed by atoms with Crippen LogP contribution in [0.3, 0.4) is 0 Å². The van der Waals surface area contributed by atoms with Crippen molar-refractivity contribution in [1.82, 2.24) is 5.32 Å². The number of thiocarbonyl (C=S) groups is 1. The molecule has 0 aromatic heterocycles. The van der Waals surface area contributed by atoms with E-state index >= 15 is 0 Å². The molecule has 0 unspecified atom stereocenters. The van der Waals surface area contributed by atoms with Crippen molar-refractivity contribution < 1.29 is 23.9 Å². The topological polar surface area (TPSA) is 111 Å². The zero-order valence-electron chi connectivity index (χ0n) is 15.7. The zero-order chi connectivity index (χ0) is 21.8. The molecular weight excluding hydrogens is 521 g/mol. The van der Waals surface area contributed by atoms with Crippen molar-refractivity contribution in [2.75, 3.05) is 18.6 Å². The zero-order valence-corrected chi connectivity index (χ0v) is 18.7. The summed E-state index contributed by atoms with van der Waals surface area (Å²) < 4.78 is 11.3. The Bertz CT molecular complexity index is 1070. The van der Waals surface area contributed by atoms with E-state index in [-0.39, 0.29) is 17.3 Å². The van der Waals surface area contributed by atoms with E-state index in [0.29, 0.717) is 26.3 Å². The predicted molar refractivity (Wildman–Crippen MR) is 123 cm³/mol. The number of nitrogens with two attached hydrogens (primary N) is 1. The molecule has 3 rings (SSSR count). The number of benzene rings is 2. The van der Waals surface area contributed by atoms with Gasteiger partial charge < -0.3 is 15.2 Å². The van der Waals surface area contributed by atoms with E-state index in [1.54, 1.807) is 36.4 Å². The molecule has 3 N–H and O–H groups in total. The van der Waals surface area contributed by atoms with E-state index < -0.39 is 17.7 Å². The minimum absolute atomic E-state index is 0.00992. The number of amides is 3. The molecule has 0 saturated carbocycles. The van der Waals surface area contributed by atoms with Crippen molar-refractivity contribution in [3.63, 3.8) is 0 Å². The molecule has 1 fully saturated rings. The number of anilines is 1. The number of hydrogen-bond donors (Lipinski definition) is 2. The summed E-state index contributed by atoms with van der Waals surface area (Å²) in [4.78, 5) is 37.8. The van der Waals surface area contributed by atoms with E-state index in [1.807, 2.05) is 28.7 Å². The maximum absolute atomic E-state index is 13.0. The molecule has 10 heteroatoms. The Kier molecular flexibility index (Phi) is 6.67.